The number of hydrogen-bond donors (Lipinski definition) is 3. The van der Waals surface area contributed by atoms with Crippen LogP contribution in [0.3, 0.4) is 0 Å². The number of nitrogens with zero attached hydrogens (tertiary/aromatic N) is 1. The first-order chi connectivity index (χ1) is 9.46. The zero-order valence-electron chi connectivity index (χ0n) is 12.1. The van der Waals surface area contributed by atoms with Gasteiger partial charge >= 0.3 is 0 Å². The normalized spacial score (nSPS) is 17.4. The molecule has 0 spiro atoms. The molecular formula is C15H23N3O2. The Morgan fingerprint density at radius 1 is 1.40 bits per heavy atom. The number of carbonyl (C=O) groups excluding carboxylic acids is 1. The Balaban J connectivity index is 2.07. The average Bonchev–Trinajstić information content (AvgIpc) is 2.89. The van der Waals surface area contributed by atoms with Crippen molar-refractivity contribution in [2.45, 2.75) is 31.2 Å². The first kappa shape index (κ1) is 14.7. The molecule has 0 radical (unpaired) electrons. The maximum absolute atomic E-state index is 12.2. The van der Waals surface area contributed by atoms with Crippen LogP contribution in [-0.2, 0) is 0 Å². The Morgan fingerprint density at radius 3 is 2.65 bits per heavy atom. The lowest BCUT2D eigenvalue weighted by Crippen LogP contribution is -2.50. The van der Waals surface area contributed by atoms with Gasteiger partial charge in [-0.2, -0.15) is 0 Å². The lowest BCUT2D eigenvalue weighted by Gasteiger charge is -2.36. The van der Waals surface area contributed by atoms with Crippen molar-refractivity contribution >= 4 is 11.6 Å². The number of anilines is 1. The fourth-order valence-electron chi connectivity index (χ4n) is 2.90. The number of nitrogens with two attached hydrogens (primary N) is 1. The number of phenols is 1. The molecular weight excluding hydrogens is 254 g/mol. The number of benzene rings is 1. The van der Waals surface area contributed by atoms with Crippen LogP contribution in [0.5, 0.6) is 5.75 Å². The van der Waals surface area contributed by atoms with Gasteiger partial charge in [0.2, 0.25) is 0 Å². The summed E-state index contributed by atoms with van der Waals surface area (Å²) in [6.07, 6.45) is 4.56. The number of hydrogen-bond acceptors (Lipinski definition) is 4. The van der Waals surface area contributed by atoms with Crippen LogP contribution >= 0.6 is 0 Å². The van der Waals surface area contributed by atoms with Gasteiger partial charge in [-0.15, -0.1) is 0 Å². The number of nitrogen functional groups attached to an aromatic ring is 1. The fourth-order valence-corrected chi connectivity index (χ4v) is 2.90. The van der Waals surface area contributed by atoms with Crippen LogP contribution < -0.4 is 11.1 Å². The van der Waals surface area contributed by atoms with Gasteiger partial charge < -0.3 is 21.1 Å². The van der Waals surface area contributed by atoms with E-state index in [0.717, 1.165) is 12.8 Å². The Hall–Kier alpha value is -1.75. The maximum atomic E-state index is 12.2. The van der Waals surface area contributed by atoms with E-state index in [4.69, 9.17) is 5.73 Å². The number of amides is 1. The third kappa shape index (κ3) is 2.72. The molecule has 0 unspecified atom stereocenters. The number of phenolic OH excluding ortho intramolecular Hbond substituents is 1. The zero-order chi connectivity index (χ0) is 14.8. The Labute approximate surface area is 119 Å². The van der Waals surface area contributed by atoms with Crippen molar-refractivity contribution in [1.82, 2.24) is 10.2 Å². The second-order valence-electron chi connectivity index (χ2n) is 5.75. The van der Waals surface area contributed by atoms with Gasteiger partial charge in [0.05, 0.1) is 11.3 Å². The standard InChI is InChI=1S/C15H23N3O2/c1-18(2)15(8-3-4-9-15)10-17-14(20)11-6-5-7-12(16)13(11)19/h5-7,19H,3-4,8-10,16H2,1-2H3,(H,17,20). The minimum absolute atomic E-state index is 0.0333. The van der Waals surface area contributed by atoms with E-state index in [1.54, 1.807) is 18.2 Å². The van der Waals surface area contributed by atoms with Crippen LogP contribution in [-0.4, -0.2) is 42.1 Å². The number of para-hydroxylation sites is 1. The van der Waals surface area contributed by atoms with Gasteiger partial charge in [0.15, 0.2) is 5.75 Å². The summed E-state index contributed by atoms with van der Waals surface area (Å²) in [7, 11) is 4.10. The molecule has 2 rings (SSSR count). The van der Waals surface area contributed by atoms with E-state index in [1.807, 2.05) is 0 Å². The third-order valence-electron chi connectivity index (χ3n) is 4.37. The number of carbonyl (C=O) groups is 1. The summed E-state index contributed by atoms with van der Waals surface area (Å²) in [6, 6.07) is 4.82. The van der Waals surface area contributed by atoms with Crippen LogP contribution in [0.2, 0.25) is 0 Å². The number of aromatic hydroxyl groups is 1. The second-order valence-corrected chi connectivity index (χ2v) is 5.75. The molecule has 1 fully saturated rings. The highest BCUT2D eigenvalue weighted by Gasteiger charge is 2.36. The molecule has 110 valence electrons. The number of rotatable bonds is 4. The van der Waals surface area contributed by atoms with Crippen molar-refractivity contribution in [2.75, 3.05) is 26.4 Å². The van der Waals surface area contributed by atoms with Crippen molar-refractivity contribution in [1.29, 1.82) is 0 Å². The fraction of sp³-hybridized carbons (Fsp3) is 0.533. The molecule has 1 aliphatic rings. The van der Waals surface area contributed by atoms with Crippen LogP contribution in [0.4, 0.5) is 5.69 Å². The molecule has 5 nitrogen and oxygen atoms in total. The minimum atomic E-state index is -0.275. The molecule has 4 N–H and O–H groups in total. The first-order valence-corrected chi connectivity index (χ1v) is 6.99. The molecule has 0 aromatic heterocycles. The van der Waals surface area contributed by atoms with E-state index in [2.05, 4.69) is 24.3 Å². The summed E-state index contributed by atoms with van der Waals surface area (Å²) in [5, 5.41) is 12.8. The van der Waals surface area contributed by atoms with Crippen molar-refractivity contribution in [2.24, 2.45) is 0 Å². The molecule has 1 aliphatic carbocycles. The highest BCUT2D eigenvalue weighted by molar-refractivity contribution is 5.98. The third-order valence-corrected chi connectivity index (χ3v) is 4.37. The molecule has 0 bridgehead atoms. The molecule has 0 saturated heterocycles. The van der Waals surface area contributed by atoms with E-state index in [0.29, 0.717) is 6.54 Å². The molecule has 1 aromatic carbocycles. The molecule has 20 heavy (non-hydrogen) atoms. The summed E-state index contributed by atoms with van der Waals surface area (Å²) in [5.41, 5.74) is 6.10. The second kappa shape index (κ2) is 5.71. The number of nitrogens with one attached hydrogen (secondary N) is 1. The Kier molecular flexibility index (Phi) is 4.18. The van der Waals surface area contributed by atoms with Crippen molar-refractivity contribution in [3.8, 4) is 5.75 Å². The molecule has 1 amide bonds. The molecule has 1 aromatic rings. The Bertz CT molecular complexity index is 494. The van der Waals surface area contributed by atoms with Gasteiger partial charge in [0, 0.05) is 12.1 Å². The van der Waals surface area contributed by atoms with E-state index in [-0.39, 0.29) is 28.4 Å². The largest absolute Gasteiger partial charge is 0.505 e. The topological polar surface area (TPSA) is 78.6 Å². The van der Waals surface area contributed by atoms with Gasteiger partial charge in [-0.05, 0) is 39.1 Å². The highest BCUT2D eigenvalue weighted by Crippen LogP contribution is 2.33. The van der Waals surface area contributed by atoms with E-state index >= 15 is 0 Å². The van der Waals surface area contributed by atoms with E-state index in [9.17, 15) is 9.90 Å². The molecule has 0 heterocycles. The molecule has 1 saturated carbocycles. The first-order valence-electron chi connectivity index (χ1n) is 6.99. The average molecular weight is 277 g/mol. The Morgan fingerprint density at radius 2 is 2.05 bits per heavy atom. The van der Waals surface area contributed by atoms with E-state index < -0.39 is 0 Å². The quantitative estimate of drug-likeness (QED) is 0.577. The van der Waals surface area contributed by atoms with Crippen LogP contribution in [0.15, 0.2) is 18.2 Å². The summed E-state index contributed by atoms with van der Waals surface area (Å²) in [6.45, 7) is 0.590. The van der Waals surface area contributed by atoms with Gasteiger partial charge in [-0.25, -0.2) is 0 Å². The minimum Gasteiger partial charge on any atom is -0.505 e. The summed E-state index contributed by atoms with van der Waals surface area (Å²) in [4.78, 5) is 14.4. The van der Waals surface area contributed by atoms with Crippen LogP contribution in [0, 0.1) is 0 Å². The highest BCUT2D eigenvalue weighted by atomic mass is 16.3. The summed E-state index contributed by atoms with van der Waals surface area (Å²) in [5.74, 6) is -0.418. The van der Waals surface area contributed by atoms with Gasteiger partial charge in [0.25, 0.3) is 5.91 Å². The molecule has 0 aliphatic heterocycles. The van der Waals surface area contributed by atoms with Gasteiger partial charge in [-0.1, -0.05) is 18.9 Å². The van der Waals surface area contributed by atoms with Gasteiger partial charge in [0.1, 0.15) is 0 Å². The van der Waals surface area contributed by atoms with E-state index in [1.165, 1.54) is 12.8 Å². The smallest absolute Gasteiger partial charge is 0.255 e. The van der Waals surface area contributed by atoms with Crippen molar-refractivity contribution < 1.29 is 9.90 Å². The SMILES string of the molecule is CN(C)C1(CNC(=O)c2cccc(N)c2O)CCCC1. The number of likely N-dealkylation sites (N-methyl/N-ethyl adjacent to an activating group) is 1. The lowest BCUT2D eigenvalue weighted by molar-refractivity contribution is 0.0897. The predicted octanol–water partition coefficient (Wildman–Crippen LogP) is 1.58. The van der Waals surface area contributed by atoms with Crippen LogP contribution in [0.25, 0.3) is 0 Å². The van der Waals surface area contributed by atoms with Crippen LogP contribution in [0.1, 0.15) is 36.0 Å². The van der Waals surface area contributed by atoms with Crippen molar-refractivity contribution in [3.63, 3.8) is 0 Å². The molecule has 5 heteroatoms. The monoisotopic (exact) mass is 277 g/mol. The van der Waals surface area contributed by atoms with Gasteiger partial charge in [-0.3, -0.25) is 4.79 Å². The predicted molar refractivity (Wildman–Crippen MR) is 79.7 cm³/mol. The zero-order valence-corrected chi connectivity index (χ0v) is 12.1. The lowest BCUT2D eigenvalue weighted by atomic mass is 9.96. The maximum Gasteiger partial charge on any atom is 0.255 e. The van der Waals surface area contributed by atoms with Crippen molar-refractivity contribution in [3.05, 3.63) is 23.8 Å². The summed E-state index contributed by atoms with van der Waals surface area (Å²) >= 11 is 0. The molecule has 0 atom stereocenters. The summed E-state index contributed by atoms with van der Waals surface area (Å²) < 4.78 is 0.